The van der Waals surface area contributed by atoms with E-state index in [1.165, 1.54) is 234 Å². The van der Waals surface area contributed by atoms with Crippen LogP contribution in [-0.4, -0.2) is 356 Å². The molecule has 12 heterocycles. The van der Waals surface area contributed by atoms with Crippen molar-refractivity contribution in [1.29, 1.82) is 0 Å². The lowest BCUT2D eigenvalue weighted by atomic mass is 9.91. The molecule has 1 N–H and O–H groups in total. The number of carbonyl (C=O) groups excluding carboxylic acids is 2. The smallest absolute Gasteiger partial charge is 0.217 e. The molecule has 12 saturated heterocycles. The normalized spacial score (nSPS) is 31.8. The Morgan fingerprint density at radius 3 is 0.941 bits per heavy atom. The fourth-order valence-electron chi connectivity index (χ4n) is 20.6. The standard InChI is InChI=1S/C15H28N2O.C14H27N3O.2C14H29N3.2C14H28N2/c1-12(2)16-8-5-15(6-9-16)17-7-4-14(11-17)10-13(3)18;1-11(2)16-8-5-14(6-9-16)17-7-4-13(10-17)15-12(3)18;2*1-12(2)17-9-6-13(7-10-17)16(4)14-5-8-15(3)11-14;2*1-11(2)15-6-5-14(10-15)16-8-12(3)7-13(4)9-16/h12,14-15H,4-11H2,1-3H3;11,13-14H,4-10H2,1-3H3,(H,15,18);2*12-14H,5-11H2,1-4H3;2*11-14H,5-10H2,1-4H3. The minimum absolute atomic E-state index is 0.108. The summed E-state index contributed by atoms with van der Waals surface area (Å²) in [6, 6.07) is 11.1. The summed E-state index contributed by atoms with van der Waals surface area (Å²) in [5, 5.41) is 3.05. The van der Waals surface area contributed by atoms with Gasteiger partial charge in [-0.05, 0) is 323 Å². The SMILES string of the molecule is CC(=O)CC1CCN(C2CCN(C(C)C)CC2)C1.CC(=O)NC1CCN(C2CCN(C(C)C)CC2)C1.CC(C)N1CCC(N(C)C2CCN(C)C2)CC1.CC(C)N1CCC(N(C)C2CCN(C)C2)CC1.CC1CC(C)CN(C2CCN(C(C)C)C2)C1.CC1CC(C)CN(C2CCN(C(C)C)C2)C1. The van der Waals surface area contributed by atoms with Gasteiger partial charge in [-0.25, -0.2) is 0 Å². The molecule has 0 aliphatic carbocycles. The minimum atomic E-state index is 0.108. The van der Waals surface area contributed by atoms with Gasteiger partial charge < -0.3 is 39.5 Å². The van der Waals surface area contributed by atoms with Crippen molar-refractivity contribution in [3.63, 3.8) is 0 Å². The third-order valence-electron chi connectivity index (χ3n) is 27.2. The van der Waals surface area contributed by atoms with Crippen molar-refractivity contribution >= 4 is 11.7 Å². The number of carbonyl (C=O) groups is 2. The first-order valence-corrected chi connectivity index (χ1v) is 43.4. The summed E-state index contributed by atoms with van der Waals surface area (Å²) in [4.78, 5) is 58.9. The monoisotopic (exact) mass is 1430 g/mol. The molecule has 12 aliphatic heterocycles. The Morgan fingerprint density at radius 1 is 0.333 bits per heavy atom. The molecule has 1 amide bonds. The Kier molecular flexibility index (Phi) is 37.7. The van der Waals surface area contributed by atoms with Gasteiger partial charge in [-0.3, -0.25) is 44.0 Å². The van der Waals surface area contributed by atoms with Gasteiger partial charge >= 0.3 is 0 Å². The third kappa shape index (κ3) is 28.8. The fraction of sp³-hybridized carbons (Fsp3) is 0.976. The van der Waals surface area contributed by atoms with E-state index >= 15 is 0 Å². The molecule has 17 heteroatoms. The number of nitrogens with zero attached hydrogens (tertiary/aromatic N) is 14. The average Bonchev–Trinajstić information content (AvgIpc) is 1.61. The van der Waals surface area contributed by atoms with Gasteiger partial charge in [-0.1, -0.05) is 27.7 Å². The maximum atomic E-state index is 11.2. The van der Waals surface area contributed by atoms with E-state index < -0.39 is 0 Å². The molecule has 0 aromatic rings. The van der Waals surface area contributed by atoms with Crippen LogP contribution < -0.4 is 5.32 Å². The second-order valence-electron chi connectivity index (χ2n) is 37.8. The second-order valence-corrected chi connectivity index (χ2v) is 37.8. The third-order valence-corrected chi connectivity index (χ3v) is 27.2. The van der Waals surface area contributed by atoms with E-state index in [0.717, 1.165) is 129 Å². The summed E-state index contributed by atoms with van der Waals surface area (Å²) in [6.45, 7) is 71.0. The van der Waals surface area contributed by atoms with Crippen molar-refractivity contribution in [1.82, 2.24) is 73.9 Å². The zero-order valence-corrected chi connectivity index (χ0v) is 71.1. The first-order chi connectivity index (χ1) is 48.4. The largest absolute Gasteiger partial charge is 0.352 e. The maximum absolute atomic E-state index is 11.2. The Labute approximate surface area is 631 Å². The molecular weight excluding hydrogens is 1260 g/mol. The van der Waals surface area contributed by atoms with E-state index in [1.54, 1.807) is 13.8 Å². The maximum Gasteiger partial charge on any atom is 0.217 e. The Hall–Kier alpha value is -1.42. The second kappa shape index (κ2) is 43.8. The number of Topliss-reactive ketones (excluding diaryl/α,β-unsaturated/α-hetero) is 1. The number of likely N-dealkylation sites (tertiary alicyclic amines) is 12. The molecule has 102 heavy (non-hydrogen) atoms. The molecule has 596 valence electrons. The Balaban J connectivity index is 0.000000172. The Bertz CT molecular complexity index is 2120. The van der Waals surface area contributed by atoms with Gasteiger partial charge in [0.2, 0.25) is 5.91 Å². The molecule has 10 unspecified atom stereocenters. The van der Waals surface area contributed by atoms with E-state index in [0.29, 0.717) is 29.8 Å². The van der Waals surface area contributed by atoms with Gasteiger partial charge in [0.25, 0.3) is 0 Å². The van der Waals surface area contributed by atoms with E-state index in [4.69, 9.17) is 0 Å². The van der Waals surface area contributed by atoms with Crippen LogP contribution >= 0.6 is 0 Å². The van der Waals surface area contributed by atoms with Crippen LogP contribution in [0, 0.1) is 29.6 Å². The molecule has 10 atom stereocenters. The lowest BCUT2D eigenvalue weighted by Crippen LogP contribution is -2.49. The molecule has 0 saturated carbocycles. The first kappa shape index (κ1) is 87.8. The summed E-state index contributed by atoms with van der Waals surface area (Å²) < 4.78 is 0. The predicted octanol–water partition coefficient (Wildman–Crippen LogP) is 11.1. The molecule has 12 aliphatic rings. The van der Waals surface area contributed by atoms with Gasteiger partial charge in [0.15, 0.2) is 0 Å². The van der Waals surface area contributed by atoms with Crippen LogP contribution in [0.1, 0.15) is 234 Å². The predicted molar refractivity (Wildman–Crippen MR) is 434 cm³/mol. The number of amides is 1. The van der Waals surface area contributed by atoms with Crippen molar-refractivity contribution in [2.75, 3.05) is 185 Å². The van der Waals surface area contributed by atoms with E-state index in [9.17, 15) is 9.59 Å². The van der Waals surface area contributed by atoms with E-state index in [-0.39, 0.29) is 5.91 Å². The highest BCUT2D eigenvalue weighted by atomic mass is 16.1. The first-order valence-electron chi connectivity index (χ1n) is 43.4. The fourth-order valence-corrected chi connectivity index (χ4v) is 20.6. The number of nitrogens with one attached hydrogen (secondary N) is 1. The van der Waals surface area contributed by atoms with Gasteiger partial charge in [-0.2, -0.15) is 0 Å². The zero-order chi connectivity index (χ0) is 74.5. The molecular formula is C85H169N15O2. The van der Waals surface area contributed by atoms with Gasteiger partial charge in [-0.15, -0.1) is 0 Å². The van der Waals surface area contributed by atoms with Crippen LogP contribution in [0.4, 0.5) is 0 Å². The van der Waals surface area contributed by atoms with Crippen LogP contribution in [0.5, 0.6) is 0 Å². The molecule has 0 spiro atoms. The molecule has 17 nitrogen and oxygen atoms in total. The topological polar surface area (TPSA) is 91.5 Å². The van der Waals surface area contributed by atoms with E-state index in [2.05, 4.69) is 213 Å². The quantitative estimate of drug-likeness (QED) is 0.150. The highest BCUT2D eigenvalue weighted by Gasteiger charge is 2.38. The van der Waals surface area contributed by atoms with Crippen molar-refractivity contribution in [3.05, 3.63) is 0 Å². The number of ketones is 1. The zero-order valence-electron chi connectivity index (χ0n) is 71.1. The van der Waals surface area contributed by atoms with E-state index in [1.807, 2.05) is 0 Å². The number of hydrogen-bond donors (Lipinski definition) is 1. The number of rotatable bonds is 17. The lowest BCUT2D eigenvalue weighted by Gasteiger charge is -2.40. The van der Waals surface area contributed by atoms with Crippen LogP contribution in [0.2, 0.25) is 0 Å². The highest BCUT2D eigenvalue weighted by molar-refractivity contribution is 5.75. The van der Waals surface area contributed by atoms with Crippen molar-refractivity contribution < 1.29 is 9.59 Å². The van der Waals surface area contributed by atoms with Crippen molar-refractivity contribution in [2.24, 2.45) is 29.6 Å². The summed E-state index contributed by atoms with van der Waals surface area (Å²) in [5.41, 5.74) is 0. The van der Waals surface area contributed by atoms with Gasteiger partial charge in [0.1, 0.15) is 5.78 Å². The van der Waals surface area contributed by atoms with Gasteiger partial charge in [0.05, 0.1) is 0 Å². The number of likely N-dealkylation sites (N-methyl/N-ethyl adjacent to an activating group) is 4. The summed E-state index contributed by atoms with van der Waals surface area (Å²) in [7, 11) is 9.18. The number of hydrogen-bond acceptors (Lipinski definition) is 16. The molecule has 0 aromatic carbocycles. The average molecular weight is 1430 g/mol. The lowest BCUT2D eigenvalue weighted by molar-refractivity contribution is -0.119. The summed E-state index contributed by atoms with van der Waals surface area (Å²) in [5.74, 6) is 4.70. The Morgan fingerprint density at radius 2 is 0.637 bits per heavy atom. The highest BCUT2D eigenvalue weighted by Crippen LogP contribution is 2.32. The molecule has 0 aromatic heterocycles. The molecule has 12 fully saturated rings. The van der Waals surface area contributed by atoms with Gasteiger partial charge in [0, 0.05) is 189 Å². The summed E-state index contributed by atoms with van der Waals surface area (Å²) >= 11 is 0. The van der Waals surface area contributed by atoms with Crippen LogP contribution in [0.25, 0.3) is 0 Å². The molecule has 0 bridgehead atoms. The number of piperidine rings is 6. The van der Waals surface area contributed by atoms with Crippen molar-refractivity contribution in [3.8, 4) is 0 Å². The molecule has 12 rings (SSSR count). The summed E-state index contributed by atoms with van der Waals surface area (Å²) in [6.07, 6.45) is 22.1. The minimum Gasteiger partial charge on any atom is -0.352 e. The van der Waals surface area contributed by atoms with Crippen LogP contribution in [0.15, 0.2) is 0 Å². The van der Waals surface area contributed by atoms with Crippen LogP contribution in [0.3, 0.4) is 0 Å². The molecule has 0 radical (unpaired) electrons. The van der Waals surface area contributed by atoms with Crippen molar-refractivity contribution in [2.45, 2.75) is 324 Å². The van der Waals surface area contributed by atoms with Crippen LogP contribution in [-0.2, 0) is 9.59 Å².